The molecule has 1 aromatic carbocycles. The molecule has 2 aromatic rings. The lowest BCUT2D eigenvalue weighted by Crippen LogP contribution is -2.38. The van der Waals surface area contributed by atoms with Gasteiger partial charge >= 0.3 is 0 Å². The van der Waals surface area contributed by atoms with E-state index in [9.17, 15) is 4.79 Å². The molecule has 0 bridgehead atoms. The Balaban J connectivity index is 1.86. The predicted molar refractivity (Wildman–Crippen MR) is 78.6 cm³/mol. The summed E-state index contributed by atoms with van der Waals surface area (Å²) in [4.78, 5) is 16.7. The van der Waals surface area contributed by atoms with Crippen LogP contribution in [0.3, 0.4) is 0 Å². The van der Waals surface area contributed by atoms with Crippen molar-refractivity contribution in [2.75, 3.05) is 6.61 Å². The molecule has 2 heterocycles. The van der Waals surface area contributed by atoms with Crippen molar-refractivity contribution in [3.05, 3.63) is 54.1 Å². The van der Waals surface area contributed by atoms with E-state index in [-0.39, 0.29) is 18.1 Å². The average Bonchev–Trinajstić information content (AvgIpc) is 3.17. The Morgan fingerprint density at radius 3 is 2.86 bits per heavy atom. The van der Waals surface area contributed by atoms with E-state index in [0.717, 1.165) is 24.2 Å². The van der Waals surface area contributed by atoms with E-state index in [1.54, 1.807) is 6.20 Å². The van der Waals surface area contributed by atoms with Gasteiger partial charge in [0, 0.05) is 26.0 Å². The van der Waals surface area contributed by atoms with Gasteiger partial charge in [-0.2, -0.15) is 0 Å². The van der Waals surface area contributed by atoms with E-state index in [0.29, 0.717) is 6.61 Å². The molecule has 1 aliphatic rings. The number of ether oxygens (including phenoxy) is 1. The maximum Gasteiger partial charge on any atom is 0.249 e. The first-order chi connectivity index (χ1) is 10.3. The Morgan fingerprint density at radius 1 is 1.43 bits per heavy atom. The molecule has 21 heavy (non-hydrogen) atoms. The monoisotopic (exact) mass is 285 g/mol. The van der Waals surface area contributed by atoms with Crippen molar-refractivity contribution < 1.29 is 9.53 Å². The van der Waals surface area contributed by atoms with Gasteiger partial charge in [0.25, 0.3) is 0 Å². The first kappa shape index (κ1) is 13.8. The Hall–Kier alpha value is -2.14. The van der Waals surface area contributed by atoms with Crippen LogP contribution in [0.1, 0.15) is 30.3 Å². The second kappa shape index (κ2) is 6.10. The van der Waals surface area contributed by atoms with Crippen LogP contribution in [-0.4, -0.2) is 28.2 Å². The van der Waals surface area contributed by atoms with Crippen LogP contribution in [0.2, 0.25) is 0 Å². The second-order valence-corrected chi connectivity index (χ2v) is 5.25. The molecule has 1 aliphatic heterocycles. The minimum atomic E-state index is -0.337. The van der Waals surface area contributed by atoms with Crippen LogP contribution in [0.5, 0.6) is 0 Å². The quantitative estimate of drug-likeness (QED) is 0.932. The van der Waals surface area contributed by atoms with Gasteiger partial charge in [-0.05, 0) is 18.4 Å². The van der Waals surface area contributed by atoms with Crippen LogP contribution in [0, 0.1) is 0 Å². The molecule has 1 fully saturated rings. The summed E-state index contributed by atoms with van der Waals surface area (Å²) in [5.74, 6) is 0.747. The van der Waals surface area contributed by atoms with E-state index in [1.807, 2.05) is 48.1 Å². The molecule has 0 radical (unpaired) electrons. The van der Waals surface area contributed by atoms with E-state index in [2.05, 4.69) is 10.3 Å². The molecule has 0 saturated carbocycles. The second-order valence-electron chi connectivity index (χ2n) is 5.25. The zero-order valence-electron chi connectivity index (χ0n) is 12.0. The molecule has 5 heteroatoms. The SMILES string of the molecule is Cn1ccnc1C(NC(=O)C1CCCO1)c1ccccc1. The number of nitrogens with one attached hydrogen (secondary N) is 1. The van der Waals surface area contributed by atoms with Crippen molar-refractivity contribution in [1.29, 1.82) is 0 Å². The van der Waals surface area contributed by atoms with Crippen LogP contribution in [0.25, 0.3) is 0 Å². The maximum atomic E-state index is 12.4. The molecule has 3 rings (SSSR count). The third-order valence-corrected chi connectivity index (χ3v) is 3.76. The summed E-state index contributed by atoms with van der Waals surface area (Å²) < 4.78 is 7.38. The van der Waals surface area contributed by atoms with Crippen LogP contribution in [-0.2, 0) is 16.6 Å². The van der Waals surface area contributed by atoms with Crippen molar-refractivity contribution in [2.45, 2.75) is 25.0 Å². The summed E-state index contributed by atoms with van der Waals surface area (Å²) in [5.41, 5.74) is 1.01. The van der Waals surface area contributed by atoms with E-state index in [1.165, 1.54) is 0 Å². The zero-order valence-corrected chi connectivity index (χ0v) is 12.0. The van der Waals surface area contributed by atoms with Crippen LogP contribution in [0.15, 0.2) is 42.7 Å². The highest BCUT2D eigenvalue weighted by atomic mass is 16.5. The number of carbonyl (C=O) groups excluding carboxylic acids is 1. The summed E-state index contributed by atoms with van der Waals surface area (Å²) >= 11 is 0. The Kier molecular flexibility index (Phi) is 4.01. The van der Waals surface area contributed by atoms with Gasteiger partial charge in [0.15, 0.2) is 0 Å². The van der Waals surface area contributed by atoms with Gasteiger partial charge in [0.1, 0.15) is 18.0 Å². The lowest BCUT2D eigenvalue weighted by Gasteiger charge is -2.21. The smallest absolute Gasteiger partial charge is 0.249 e. The van der Waals surface area contributed by atoms with Gasteiger partial charge in [-0.15, -0.1) is 0 Å². The fourth-order valence-corrected chi connectivity index (χ4v) is 2.62. The Bertz CT molecular complexity index is 603. The standard InChI is InChI=1S/C16H19N3O2/c1-19-10-9-17-15(19)14(12-6-3-2-4-7-12)18-16(20)13-8-5-11-21-13/h2-4,6-7,9-10,13-14H,5,8,11H2,1H3,(H,18,20). The van der Waals surface area contributed by atoms with E-state index in [4.69, 9.17) is 4.74 Å². The summed E-state index contributed by atoms with van der Waals surface area (Å²) in [6.07, 6.45) is 5.01. The van der Waals surface area contributed by atoms with Crippen molar-refractivity contribution in [3.8, 4) is 0 Å². The number of rotatable bonds is 4. The van der Waals surface area contributed by atoms with Gasteiger partial charge in [0.05, 0.1) is 0 Å². The molecule has 5 nitrogen and oxygen atoms in total. The molecule has 0 spiro atoms. The number of amides is 1. The molecular formula is C16H19N3O2. The number of hydrogen-bond donors (Lipinski definition) is 1. The Labute approximate surface area is 124 Å². The van der Waals surface area contributed by atoms with Gasteiger partial charge in [0.2, 0.25) is 5.91 Å². The number of aromatic nitrogens is 2. The number of benzene rings is 1. The number of carbonyl (C=O) groups is 1. The van der Waals surface area contributed by atoms with Crippen molar-refractivity contribution in [1.82, 2.24) is 14.9 Å². The first-order valence-electron chi connectivity index (χ1n) is 7.20. The predicted octanol–water partition coefficient (Wildman–Crippen LogP) is 1.80. The van der Waals surface area contributed by atoms with Crippen LogP contribution < -0.4 is 5.32 Å². The highest BCUT2D eigenvalue weighted by molar-refractivity contribution is 5.81. The normalized spacial score (nSPS) is 19.4. The molecule has 1 amide bonds. The van der Waals surface area contributed by atoms with Gasteiger partial charge in [-0.1, -0.05) is 30.3 Å². The fourth-order valence-electron chi connectivity index (χ4n) is 2.62. The molecule has 0 aliphatic carbocycles. The third-order valence-electron chi connectivity index (χ3n) is 3.76. The van der Waals surface area contributed by atoms with Gasteiger partial charge < -0.3 is 14.6 Å². The molecule has 110 valence electrons. The highest BCUT2D eigenvalue weighted by Gasteiger charge is 2.28. The lowest BCUT2D eigenvalue weighted by atomic mass is 10.1. The zero-order chi connectivity index (χ0) is 14.7. The summed E-state index contributed by atoms with van der Waals surface area (Å²) in [5, 5.41) is 3.07. The summed E-state index contributed by atoms with van der Waals surface area (Å²) in [6.45, 7) is 0.663. The highest BCUT2D eigenvalue weighted by Crippen LogP contribution is 2.21. The molecule has 1 saturated heterocycles. The van der Waals surface area contributed by atoms with Crippen LogP contribution >= 0.6 is 0 Å². The van der Waals surface area contributed by atoms with Crippen molar-refractivity contribution >= 4 is 5.91 Å². The molecule has 2 atom stereocenters. The first-order valence-corrected chi connectivity index (χ1v) is 7.20. The molecule has 1 N–H and O–H groups in total. The average molecular weight is 285 g/mol. The third kappa shape index (κ3) is 2.97. The van der Waals surface area contributed by atoms with E-state index < -0.39 is 0 Å². The minimum absolute atomic E-state index is 0.0654. The number of aryl methyl sites for hydroxylation is 1. The number of hydrogen-bond acceptors (Lipinski definition) is 3. The minimum Gasteiger partial charge on any atom is -0.368 e. The molecular weight excluding hydrogens is 266 g/mol. The molecule has 1 aromatic heterocycles. The fraction of sp³-hybridized carbons (Fsp3) is 0.375. The number of nitrogens with zero attached hydrogens (tertiary/aromatic N) is 2. The Morgan fingerprint density at radius 2 is 2.24 bits per heavy atom. The van der Waals surface area contributed by atoms with Gasteiger partial charge in [-0.25, -0.2) is 4.98 Å². The van der Waals surface area contributed by atoms with Crippen molar-refractivity contribution in [2.24, 2.45) is 7.05 Å². The maximum absolute atomic E-state index is 12.4. The topological polar surface area (TPSA) is 56.2 Å². The van der Waals surface area contributed by atoms with Crippen LogP contribution in [0.4, 0.5) is 0 Å². The number of imidazole rings is 1. The summed E-state index contributed by atoms with van der Waals surface area (Å²) in [6, 6.07) is 9.61. The summed E-state index contributed by atoms with van der Waals surface area (Å²) in [7, 11) is 1.93. The lowest BCUT2D eigenvalue weighted by molar-refractivity contribution is -0.130. The van der Waals surface area contributed by atoms with Crippen molar-refractivity contribution in [3.63, 3.8) is 0 Å². The van der Waals surface area contributed by atoms with E-state index >= 15 is 0 Å². The molecule has 2 unspecified atom stereocenters. The van der Waals surface area contributed by atoms with Gasteiger partial charge in [-0.3, -0.25) is 4.79 Å². The largest absolute Gasteiger partial charge is 0.368 e.